The molecule has 1 heterocycles. The highest BCUT2D eigenvalue weighted by atomic mass is 16.1. The second-order valence-electron chi connectivity index (χ2n) is 3.71. The zero-order valence-electron chi connectivity index (χ0n) is 7.14. The molecule has 1 N–H and O–H groups in total. The number of carbonyl (C=O) groups excluding carboxylic acids is 1. The quantitative estimate of drug-likeness (QED) is 0.613. The predicted molar refractivity (Wildman–Crippen MR) is 44.9 cm³/mol. The first kappa shape index (κ1) is 8.05. The van der Waals surface area contributed by atoms with Crippen LogP contribution in [0.1, 0.15) is 36.8 Å². The topological polar surface area (TPSA) is 32.9 Å². The molecule has 0 aliphatic rings. The third kappa shape index (κ3) is 1.70. The number of rotatable bonds is 1. The summed E-state index contributed by atoms with van der Waals surface area (Å²) in [6, 6.07) is 1.88. The van der Waals surface area contributed by atoms with Crippen molar-refractivity contribution < 1.29 is 4.79 Å². The highest BCUT2D eigenvalue weighted by molar-refractivity contribution is 5.72. The molecular weight excluding hydrogens is 138 g/mol. The molecule has 0 unspecified atom stereocenters. The average molecular weight is 151 g/mol. The molecule has 0 spiro atoms. The Labute approximate surface area is 66.6 Å². The third-order valence-electron chi connectivity index (χ3n) is 1.70. The van der Waals surface area contributed by atoms with Crippen molar-refractivity contribution in [1.29, 1.82) is 0 Å². The highest BCUT2D eigenvalue weighted by Crippen LogP contribution is 2.21. The van der Waals surface area contributed by atoms with Gasteiger partial charge in [-0.05, 0) is 17.0 Å². The van der Waals surface area contributed by atoms with E-state index in [1.165, 1.54) is 5.56 Å². The van der Waals surface area contributed by atoms with Crippen molar-refractivity contribution in [1.82, 2.24) is 4.98 Å². The van der Waals surface area contributed by atoms with Gasteiger partial charge in [0.1, 0.15) is 0 Å². The number of aromatic amines is 1. The standard InChI is InChI=1S/C9H13NO/c1-9(2,3)7-4-8(6-11)10-5-7/h4-6,10H,1-3H3. The van der Waals surface area contributed by atoms with Crippen molar-refractivity contribution in [2.24, 2.45) is 0 Å². The fraction of sp³-hybridized carbons (Fsp3) is 0.444. The molecule has 1 rings (SSSR count). The van der Waals surface area contributed by atoms with Crippen LogP contribution in [0.25, 0.3) is 0 Å². The number of carbonyl (C=O) groups is 1. The molecule has 0 aliphatic heterocycles. The monoisotopic (exact) mass is 151 g/mol. The number of aromatic nitrogens is 1. The lowest BCUT2D eigenvalue weighted by atomic mass is 9.89. The summed E-state index contributed by atoms with van der Waals surface area (Å²) in [4.78, 5) is 13.2. The van der Waals surface area contributed by atoms with Gasteiger partial charge >= 0.3 is 0 Å². The van der Waals surface area contributed by atoms with E-state index in [4.69, 9.17) is 0 Å². The Morgan fingerprint density at radius 3 is 2.36 bits per heavy atom. The molecule has 0 atom stereocenters. The van der Waals surface area contributed by atoms with Gasteiger partial charge in [0.2, 0.25) is 0 Å². The summed E-state index contributed by atoms with van der Waals surface area (Å²) in [5.41, 5.74) is 1.94. The van der Waals surface area contributed by atoms with Gasteiger partial charge < -0.3 is 4.98 Å². The van der Waals surface area contributed by atoms with E-state index in [0.29, 0.717) is 5.69 Å². The molecule has 0 saturated carbocycles. The minimum absolute atomic E-state index is 0.123. The van der Waals surface area contributed by atoms with Crippen molar-refractivity contribution in [2.75, 3.05) is 0 Å². The molecule has 11 heavy (non-hydrogen) atoms. The summed E-state index contributed by atoms with van der Waals surface area (Å²) in [7, 11) is 0. The first-order valence-corrected chi connectivity index (χ1v) is 3.68. The summed E-state index contributed by atoms with van der Waals surface area (Å²) >= 11 is 0. The van der Waals surface area contributed by atoms with Crippen LogP contribution in [0.2, 0.25) is 0 Å². The van der Waals surface area contributed by atoms with Crippen molar-refractivity contribution in [3.8, 4) is 0 Å². The summed E-state index contributed by atoms with van der Waals surface area (Å²) in [5.74, 6) is 0. The fourth-order valence-electron chi connectivity index (χ4n) is 0.913. The van der Waals surface area contributed by atoms with E-state index in [2.05, 4.69) is 25.8 Å². The maximum atomic E-state index is 10.3. The molecule has 2 heteroatoms. The van der Waals surface area contributed by atoms with Crippen molar-refractivity contribution in [3.05, 3.63) is 23.5 Å². The predicted octanol–water partition coefficient (Wildman–Crippen LogP) is 2.12. The van der Waals surface area contributed by atoms with Crippen LogP contribution in [0.3, 0.4) is 0 Å². The summed E-state index contributed by atoms with van der Waals surface area (Å²) in [5, 5.41) is 0. The third-order valence-corrected chi connectivity index (χ3v) is 1.70. The van der Waals surface area contributed by atoms with Gasteiger partial charge in [0.15, 0.2) is 6.29 Å². The lowest BCUT2D eigenvalue weighted by molar-refractivity contribution is 0.111. The van der Waals surface area contributed by atoms with E-state index in [9.17, 15) is 4.79 Å². The Kier molecular flexibility index (Phi) is 1.85. The fourth-order valence-corrected chi connectivity index (χ4v) is 0.913. The Morgan fingerprint density at radius 1 is 1.45 bits per heavy atom. The minimum atomic E-state index is 0.123. The number of nitrogens with one attached hydrogen (secondary N) is 1. The van der Waals surface area contributed by atoms with Gasteiger partial charge in [-0.2, -0.15) is 0 Å². The van der Waals surface area contributed by atoms with Crippen LogP contribution >= 0.6 is 0 Å². The SMILES string of the molecule is CC(C)(C)c1c[nH]c(C=O)c1. The highest BCUT2D eigenvalue weighted by Gasteiger charge is 2.14. The van der Waals surface area contributed by atoms with E-state index < -0.39 is 0 Å². The number of H-pyrrole nitrogens is 1. The normalized spacial score (nSPS) is 11.5. The number of hydrogen-bond acceptors (Lipinski definition) is 1. The van der Waals surface area contributed by atoms with Crippen molar-refractivity contribution in [2.45, 2.75) is 26.2 Å². The van der Waals surface area contributed by atoms with Gasteiger partial charge in [-0.3, -0.25) is 4.79 Å². The molecule has 0 aromatic carbocycles. The zero-order valence-corrected chi connectivity index (χ0v) is 7.14. The molecule has 1 aromatic rings. The number of hydrogen-bond donors (Lipinski definition) is 1. The van der Waals surface area contributed by atoms with Crippen LogP contribution in [0.4, 0.5) is 0 Å². The molecule has 0 aliphatic carbocycles. The molecule has 60 valence electrons. The van der Waals surface area contributed by atoms with Gasteiger partial charge in [0.05, 0.1) is 5.69 Å². The maximum absolute atomic E-state index is 10.3. The van der Waals surface area contributed by atoms with Gasteiger partial charge in [0, 0.05) is 6.20 Å². The minimum Gasteiger partial charge on any atom is -0.359 e. The Morgan fingerprint density at radius 2 is 2.09 bits per heavy atom. The first-order chi connectivity index (χ1) is 5.04. The van der Waals surface area contributed by atoms with E-state index in [1.807, 2.05) is 12.3 Å². The second-order valence-corrected chi connectivity index (χ2v) is 3.71. The lowest BCUT2D eigenvalue weighted by Gasteiger charge is -2.15. The first-order valence-electron chi connectivity index (χ1n) is 3.68. The Balaban J connectivity index is 2.98. The van der Waals surface area contributed by atoms with Crippen LogP contribution in [0.5, 0.6) is 0 Å². The molecular formula is C9H13NO. The van der Waals surface area contributed by atoms with E-state index in [-0.39, 0.29) is 5.41 Å². The van der Waals surface area contributed by atoms with E-state index in [0.717, 1.165) is 6.29 Å². The maximum Gasteiger partial charge on any atom is 0.166 e. The summed E-state index contributed by atoms with van der Waals surface area (Å²) in [6.45, 7) is 6.35. The molecule has 0 fully saturated rings. The van der Waals surface area contributed by atoms with E-state index in [1.54, 1.807) is 0 Å². The largest absolute Gasteiger partial charge is 0.359 e. The zero-order chi connectivity index (χ0) is 8.48. The number of aldehydes is 1. The van der Waals surface area contributed by atoms with Crippen LogP contribution in [-0.4, -0.2) is 11.3 Å². The smallest absolute Gasteiger partial charge is 0.166 e. The Bertz CT molecular complexity index is 255. The van der Waals surface area contributed by atoms with Crippen LogP contribution in [0, 0.1) is 0 Å². The molecule has 0 saturated heterocycles. The van der Waals surface area contributed by atoms with E-state index >= 15 is 0 Å². The second kappa shape index (κ2) is 2.53. The molecule has 2 nitrogen and oxygen atoms in total. The van der Waals surface area contributed by atoms with Gasteiger partial charge in [0.25, 0.3) is 0 Å². The molecule has 0 bridgehead atoms. The summed E-state index contributed by atoms with van der Waals surface area (Å²) in [6.07, 6.45) is 2.71. The van der Waals surface area contributed by atoms with Gasteiger partial charge in [-0.1, -0.05) is 20.8 Å². The van der Waals surface area contributed by atoms with Gasteiger partial charge in [-0.15, -0.1) is 0 Å². The Hall–Kier alpha value is -1.05. The molecule has 0 radical (unpaired) electrons. The lowest BCUT2D eigenvalue weighted by Crippen LogP contribution is -2.09. The van der Waals surface area contributed by atoms with Crippen LogP contribution in [-0.2, 0) is 5.41 Å². The van der Waals surface area contributed by atoms with Gasteiger partial charge in [-0.25, -0.2) is 0 Å². The summed E-state index contributed by atoms with van der Waals surface area (Å²) < 4.78 is 0. The van der Waals surface area contributed by atoms with Crippen molar-refractivity contribution in [3.63, 3.8) is 0 Å². The molecule has 0 amide bonds. The average Bonchev–Trinajstić information content (AvgIpc) is 2.32. The molecule has 1 aromatic heterocycles. The van der Waals surface area contributed by atoms with Crippen LogP contribution < -0.4 is 0 Å². The van der Waals surface area contributed by atoms with Crippen LogP contribution in [0.15, 0.2) is 12.3 Å². The van der Waals surface area contributed by atoms with Crippen molar-refractivity contribution >= 4 is 6.29 Å².